The third kappa shape index (κ3) is 4.51. The van der Waals surface area contributed by atoms with E-state index in [4.69, 9.17) is 27.9 Å². The highest BCUT2D eigenvalue weighted by molar-refractivity contribution is 9.09. The Bertz CT molecular complexity index is 469. The SMILES string of the molecule is CC(C)C(CBr)COc1cc(Cl)c(Cl)cc1[N+](=O)[O-]. The molecule has 1 unspecified atom stereocenters. The molecule has 0 amide bonds. The average molecular weight is 371 g/mol. The largest absolute Gasteiger partial charge is 0.486 e. The van der Waals surface area contributed by atoms with Gasteiger partial charge in [0.2, 0.25) is 0 Å². The molecule has 0 aliphatic rings. The summed E-state index contributed by atoms with van der Waals surface area (Å²) in [6.07, 6.45) is 0. The van der Waals surface area contributed by atoms with Crippen molar-refractivity contribution in [2.75, 3.05) is 11.9 Å². The van der Waals surface area contributed by atoms with E-state index in [2.05, 4.69) is 29.8 Å². The summed E-state index contributed by atoms with van der Waals surface area (Å²) in [7, 11) is 0. The van der Waals surface area contributed by atoms with Crippen molar-refractivity contribution >= 4 is 44.8 Å². The number of nitro benzene ring substituents is 1. The van der Waals surface area contributed by atoms with Crippen molar-refractivity contribution < 1.29 is 9.66 Å². The van der Waals surface area contributed by atoms with Crippen molar-refractivity contribution in [3.8, 4) is 5.75 Å². The molecule has 0 N–H and O–H groups in total. The number of rotatable bonds is 6. The Morgan fingerprint density at radius 2 is 1.95 bits per heavy atom. The van der Waals surface area contributed by atoms with E-state index in [1.165, 1.54) is 12.1 Å². The minimum absolute atomic E-state index is 0.140. The van der Waals surface area contributed by atoms with E-state index in [9.17, 15) is 10.1 Å². The van der Waals surface area contributed by atoms with Crippen LogP contribution in [0.2, 0.25) is 10.0 Å². The van der Waals surface area contributed by atoms with Gasteiger partial charge in [0, 0.05) is 23.4 Å². The fourth-order valence-corrected chi connectivity index (χ4v) is 2.63. The Balaban J connectivity index is 2.94. The molecule has 0 aliphatic carbocycles. The van der Waals surface area contributed by atoms with Crippen molar-refractivity contribution in [3.05, 3.63) is 32.3 Å². The van der Waals surface area contributed by atoms with E-state index in [-0.39, 0.29) is 27.4 Å². The molecule has 1 rings (SSSR count). The lowest BCUT2D eigenvalue weighted by Gasteiger charge is -2.18. The summed E-state index contributed by atoms with van der Waals surface area (Å²) in [5, 5.41) is 12.1. The van der Waals surface area contributed by atoms with Crippen molar-refractivity contribution in [2.45, 2.75) is 13.8 Å². The van der Waals surface area contributed by atoms with Gasteiger partial charge < -0.3 is 4.74 Å². The van der Waals surface area contributed by atoms with Crippen LogP contribution in [0.4, 0.5) is 5.69 Å². The normalized spacial score (nSPS) is 12.5. The van der Waals surface area contributed by atoms with Crippen LogP contribution in [0.25, 0.3) is 0 Å². The monoisotopic (exact) mass is 369 g/mol. The van der Waals surface area contributed by atoms with Gasteiger partial charge in [-0.15, -0.1) is 0 Å². The summed E-state index contributed by atoms with van der Waals surface area (Å²) in [5.41, 5.74) is -0.175. The van der Waals surface area contributed by atoms with E-state index in [1.807, 2.05) is 0 Å². The molecule has 0 aliphatic heterocycles. The summed E-state index contributed by atoms with van der Waals surface area (Å²) in [6.45, 7) is 4.51. The Morgan fingerprint density at radius 1 is 1.37 bits per heavy atom. The first kappa shape index (κ1) is 16.5. The van der Waals surface area contributed by atoms with E-state index >= 15 is 0 Å². The second kappa shape index (κ2) is 7.31. The number of nitrogens with zero attached hydrogens (tertiary/aromatic N) is 1. The maximum atomic E-state index is 10.9. The molecule has 7 heteroatoms. The van der Waals surface area contributed by atoms with Gasteiger partial charge in [-0.1, -0.05) is 53.0 Å². The van der Waals surface area contributed by atoms with Gasteiger partial charge in [0.15, 0.2) is 5.75 Å². The first-order valence-electron chi connectivity index (χ1n) is 5.69. The zero-order valence-electron chi connectivity index (χ0n) is 10.5. The molecule has 1 aromatic rings. The second-order valence-electron chi connectivity index (χ2n) is 4.46. The van der Waals surface area contributed by atoms with Crippen molar-refractivity contribution in [1.82, 2.24) is 0 Å². The molecule has 19 heavy (non-hydrogen) atoms. The second-order valence-corrected chi connectivity index (χ2v) is 5.92. The van der Waals surface area contributed by atoms with Crippen LogP contribution in [-0.2, 0) is 0 Å². The first-order valence-corrected chi connectivity index (χ1v) is 7.56. The number of halogens is 3. The smallest absolute Gasteiger partial charge is 0.312 e. The molecule has 0 fully saturated rings. The first-order chi connectivity index (χ1) is 8.86. The number of nitro groups is 1. The third-order valence-corrected chi connectivity index (χ3v) is 4.35. The highest BCUT2D eigenvalue weighted by Crippen LogP contribution is 2.36. The predicted octanol–water partition coefficient (Wildman–Crippen LogP) is 4.95. The van der Waals surface area contributed by atoms with E-state index in [0.29, 0.717) is 12.5 Å². The van der Waals surface area contributed by atoms with Gasteiger partial charge in [-0.25, -0.2) is 0 Å². The maximum absolute atomic E-state index is 10.9. The number of alkyl halides is 1. The van der Waals surface area contributed by atoms with Crippen molar-refractivity contribution in [2.24, 2.45) is 11.8 Å². The number of hydrogen-bond acceptors (Lipinski definition) is 3. The average Bonchev–Trinajstić information content (AvgIpc) is 2.33. The van der Waals surface area contributed by atoms with Crippen molar-refractivity contribution in [3.63, 3.8) is 0 Å². The molecule has 1 atom stereocenters. The van der Waals surface area contributed by atoms with Crippen LogP contribution in [-0.4, -0.2) is 16.9 Å². The Morgan fingerprint density at radius 3 is 2.42 bits per heavy atom. The number of hydrogen-bond donors (Lipinski definition) is 0. The summed E-state index contributed by atoms with van der Waals surface area (Å²) in [4.78, 5) is 10.4. The van der Waals surface area contributed by atoms with Crippen LogP contribution >= 0.6 is 39.1 Å². The van der Waals surface area contributed by atoms with Gasteiger partial charge in [0.1, 0.15) is 0 Å². The predicted molar refractivity (Wildman–Crippen MR) is 80.7 cm³/mol. The van der Waals surface area contributed by atoms with Crippen molar-refractivity contribution in [1.29, 1.82) is 0 Å². The standard InChI is InChI=1S/C12H14BrCl2NO3/c1-7(2)8(5-13)6-19-12-4-10(15)9(14)3-11(12)16(17)18/h3-4,7-8H,5-6H2,1-2H3. The van der Waals surface area contributed by atoms with Gasteiger partial charge >= 0.3 is 5.69 Å². The molecule has 0 heterocycles. The minimum atomic E-state index is -0.532. The highest BCUT2D eigenvalue weighted by atomic mass is 79.9. The van der Waals surface area contributed by atoms with Crippen LogP contribution < -0.4 is 4.74 Å². The molecule has 0 radical (unpaired) electrons. The number of benzene rings is 1. The Hall–Kier alpha value is -0.520. The summed E-state index contributed by atoms with van der Waals surface area (Å²) in [5.74, 6) is 0.807. The fourth-order valence-electron chi connectivity index (χ4n) is 1.39. The molecule has 0 saturated heterocycles. The summed E-state index contributed by atoms with van der Waals surface area (Å²) >= 11 is 15.0. The van der Waals surface area contributed by atoms with E-state index < -0.39 is 4.92 Å². The van der Waals surface area contributed by atoms with E-state index in [0.717, 1.165) is 5.33 Å². The van der Waals surface area contributed by atoms with Gasteiger partial charge in [-0.3, -0.25) is 10.1 Å². The lowest BCUT2D eigenvalue weighted by atomic mass is 9.99. The molecule has 106 valence electrons. The summed E-state index contributed by atoms with van der Waals surface area (Å²) < 4.78 is 5.53. The number of ether oxygens (including phenoxy) is 1. The molecule has 0 aromatic heterocycles. The lowest BCUT2D eigenvalue weighted by Crippen LogP contribution is -2.19. The van der Waals surface area contributed by atoms with Gasteiger partial charge in [-0.05, 0) is 5.92 Å². The van der Waals surface area contributed by atoms with Crippen LogP contribution in [0.5, 0.6) is 5.75 Å². The molecule has 1 aromatic carbocycles. The van der Waals surface area contributed by atoms with Gasteiger partial charge in [0.25, 0.3) is 0 Å². The van der Waals surface area contributed by atoms with Crippen LogP contribution in [0, 0.1) is 22.0 Å². The quantitative estimate of drug-likeness (QED) is 0.404. The van der Waals surface area contributed by atoms with Gasteiger partial charge in [-0.2, -0.15) is 0 Å². The fraction of sp³-hybridized carbons (Fsp3) is 0.500. The molecule has 0 bridgehead atoms. The van der Waals surface area contributed by atoms with E-state index in [1.54, 1.807) is 0 Å². The van der Waals surface area contributed by atoms with Crippen LogP contribution in [0.1, 0.15) is 13.8 Å². The molecule has 0 saturated carbocycles. The van der Waals surface area contributed by atoms with Crippen LogP contribution in [0.3, 0.4) is 0 Å². The van der Waals surface area contributed by atoms with Crippen LogP contribution in [0.15, 0.2) is 12.1 Å². The third-order valence-electron chi connectivity index (χ3n) is 2.79. The topological polar surface area (TPSA) is 52.4 Å². The Kier molecular flexibility index (Phi) is 6.36. The highest BCUT2D eigenvalue weighted by Gasteiger charge is 2.20. The van der Waals surface area contributed by atoms with Gasteiger partial charge in [0.05, 0.1) is 21.6 Å². The zero-order valence-corrected chi connectivity index (χ0v) is 13.6. The minimum Gasteiger partial charge on any atom is -0.486 e. The molecular formula is C12H14BrCl2NO3. The molecule has 0 spiro atoms. The molecule has 4 nitrogen and oxygen atoms in total. The molecular weight excluding hydrogens is 357 g/mol. The maximum Gasteiger partial charge on any atom is 0.312 e. The zero-order chi connectivity index (χ0) is 14.6. The summed E-state index contributed by atoms with van der Waals surface area (Å²) in [6, 6.07) is 2.59. The Labute approximate surface area is 130 Å². The lowest BCUT2D eigenvalue weighted by molar-refractivity contribution is -0.385.